The third-order valence-electron chi connectivity index (χ3n) is 7.97. The Morgan fingerprint density at radius 2 is 0.750 bits per heavy atom. The predicted molar refractivity (Wildman–Crippen MR) is 173 cm³/mol. The molecule has 2 rings (SSSR count). The maximum atomic E-state index is 15.3. The quantitative estimate of drug-likeness (QED) is 0.240. The second-order valence-electron chi connectivity index (χ2n) is 14.0. The van der Waals surface area contributed by atoms with Crippen LogP contribution in [-0.2, 0) is 4.57 Å². The summed E-state index contributed by atoms with van der Waals surface area (Å²) in [6.07, 6.45) is 0.0761. The van der Waals surface area contributed by atoms with Crippen molar-refractivity contribution in [3.63, 3.8) is 0 Å². The minimum Gasteiger partial charge on any atom is -0.307 e. The molecule has 0 aromatic heterocycles. The summed E-state index contributed by atoms with van der Waals surface area (Å²) in [4.78, 5) is 29.6. The lowest BCUT2D eigenvalue weighted by atomic mass is 9.85. The summed E-state index contributed by atoms with van der Waals surface area (Å²) in [5.41, 5.74) is 6.08. The number of rotatable bonds is 12. The first-order valence-electron chi connectivity index (χ1n) is 15.4. The van der Waals surface area contributed by atoms with E-state index in [1.165, 1.54) is 11.1 Å². The number of carbonyl (C=O) groups is 2. The number of carbonyl (C=O) groups excluding carboxylic acids is 2. The molecule has 0 aliphatic heterocycles. The first-order chi connectivity index (χ1) is 18.3. The van der Waals surface area contributed by atoms with Crippen molar-refractivity contribution >= 4 is 18.2 Å². The lowest BCUT2D eigenvalue weighted by molar-refractivity contribution is 0.103. The Morgan fingerprint density at radius 3 is 0.925 bits per heavy atom. The molecule has 0 bridgehead atoms. The van der Waals surface area contributed by atoms with Crippen molar-refractivity contribution in [1.82, 2.24) is 0 Å². The van der Waals surface area contributed by atoms with Crippen molar-refractivity contribution in [3.8, 4) is 0 Å². The summed E-state index contributed by atoms with van der Waals surface area (Å²) in [6.45, 7) is 29.1. The Balaban J connectivity index is 3.02. The fourth-order valence-electron chi connectivity index (χ4n) is 5.54. The van der Waals surface area contributed by atoms with Crippen molar-refractivity contribution in [2.75, 3.05) is 6.16 Å². The Kier molecular flexibility index (Phi) is 11.4. The predicted octanol–water partition coefficient (Wildman–Crippen LogP) is 11.4. The van der Waals surface area contributed by atoms with Crippen molar-refractivity contribution in [2.45, 2.75) is 132 Å². The molecule has 0 aliphatic carbocycles. The van der Waals surface area contributed by atoms with E-state index in [-0.39, 0.29) is 35.8 Å². The SMILES string of the molecule is CC(C)CP(=O)(C(=O)c1c(C(C)C)cc(C(C)C)cc1C(C)C)C(=O)c1c(C(C)C)cc(C(C)C)cc1C(C)C. The molecule has 0 saturated heterocycles. The van der Waals surface area contributed by atoms with Gasteiger partial charge in [-0.2, -0.15) is 0 Å². The monoisotopic (exact) mass is 566 g/mol. The second kappa shape index (κ2) is 13.3. The lowest BCUT2D eigenvalue weighted by Gasteiger charge is -2.28. The molecule has 0 fully saturated rings. The first-order valence-corrected chi connectivity index (χ1v) is 17.3. The minimum absolute atomic E-state index is 0.0560. The van der Waals surface area contributed by atoms with Crippen LogP contribution in [0.4, 0.5) is 0 Å². The highest BCUT2D eigenvalue weighted by atomic mass is 31.2. The summed E-state index contributed by atoms with van der Waals surface area (Å²) >= 11 is 0. The van der Waals surface area contributed by atoms with Crippen LogP contribution in [-0.4, -0.2) is 17.2 Å². The summed E-state index contributed by atoms with van der Waals surface area (Å²) in [5.74, 6) is 0.746. The highest BCUT2D eigenvalue weighted by Gasteiger charge is 2.45. The molecule has 2 aromatic rings. The number of hydrogen-bond acceptors (Lipinski definition) is 3. The third kappa shape index (κ3) is 7.07. The van der Waals surface area contributed by atoms with E-state index in [2.05, 4.69) is 107 Å². The maximum Gasteiger partial charge on any atom is 0.229 e. The largest absolute Gasteiger partial charge is 0.307 e. The van der Waals surface area contributed by atoms with Crippen LogP contribution < -0.4 is 0 Å². The van der Waals surface area contributed by atoms with Gasteiger partial charge in [-0.05, 0) is 74.8 Å². The second-order valence-corrected chi connectivity index (χ2v) is 16.7. The van der Waals surface area contributed by atoms with E-state index >= 15 is 4.57 Å². The number of benzene rings is 2. The molecule has 0 aliphatic rings. The molecule has 0 unspecified atom stereocenters. The molecule has 3 nitrogen and oxygen atoms in total. The van der Waals surface area contributed by atoms with Crippen LogP contribution in [0.5, 0.6) is 0 Å². The van der Waals surface area contributed by atoms with E-state index in [9.17, 15) is 9.59 Å². The van der Waals surface area contributed by atoms with Gasteiger partial charge in [0.05, 0.1) is 0 Å². The van der Waals surface area contributed by atoms with Crippen molar-refractivity contribution in [2.24, 2.45) is 5.92 Å². The van der Waals surface area contributed by atoms with Crippen LogP contribution in [0, 0.1) is 5.92 Å². The van der Waals surface area contributed by atoms with Gasteiger partial charge in [0.25, 0.3) is 0 Å². The number of hydrogen-bond donors (Lipinski definition) is 0. The molecule has 40 heavy (non-hydrogen) atoms. The van der Waals surface area contributed by atoms with Crippen molar-refractivity contribution in [1.29, 1.82) is 0 Å². The smallest absolute Gasteiger partial charge is 0.229 e. The highest BCUT2D eigenvalue weighted by Crippen LogP contribution is 2.56. The summed E-state index contributed by atoms with van der Waals surface area (Å²) in [6, 6.07) is 8.43. The van der Waals surface area contributed by atoms with E-state index in [1.54, 1.807) is 0 Å². The van der Waals surface area contributed by atoms with E-state index in [1.807, 2.05) is 13.8 Å². The third-order valence-corrected chi connectivity index (χ3v) is 11.0. The highest BCUT2D eigenvalue weighted by molar-refractivity contribution is 7.95. The maximum absolute atomic E-state index is 15.3. The van der Waals surface area contributed by atoms with Crippen LogP contribution in [0.3, 0.4) is 0 Å². The van der Waals surface area contributed by atoms with Gasteiger partial charge in [0, 0.05) is 17.3 Å². The Morgan fingerprint density at radius 1 is 0.500 bits per heavy atom. The van der Waals surface area contributed by atoms with Gasteiger partial charge < -0.3 is 4.57 Å². The average molecular weight is 567 g/mol. The van der Waals surface area contributed by atoms with Crippen molar-refractivity contribution < 1.29 is 14.2 Å². The van der Waals surface area contributed by atoms with E-state index in [4.69, 9.17) is 0 Å². The molecule has 0 radical (unpaired) electrons. The fraction of sp³-hybridized carbons (Fsp3) is 0.611. The molecule has 0 saturated carbocycles. The van der Waals surface area contributed by atoms with E-state index in [0.29, 0.717) is 23.0 Å². The molecule has 4 heteroatoms. The molecule has 0 spiro atoms. The molecule has 0 heterocycles. The summed E-state index contributed by atoms with van der Waals surface area (Å²) in [5, 5.41) is 0. The minimum atomic E-state index is -4.02. The van der Waals surface area contributed by atoms with Crippen molar-refractivity contribution in [3.05, 3.63) is 68.8 Å². The van der Waals surface area contributed by atoms with Gasteiger partial charge in [0.1, 0.15) is 0 Å². The van der Waals surface area contributed by atoms with Crippen LogP contribution in [0.15, 0.2) is 24.3 Å². The zero-order valence-electron chi connectivity index (χ0n) is 27.7. The molecular formula is C36H55O3P. The van der Waals surface area contributed by atoms with Crippen LogP contribution >= 0.6 is 7.14 Å². The molecular weight excluding hydrogens is 511 g/mol. The summed E-state index contributed by atoms with van der Waals surface area (Å²) < 4.78 is 15.3. The van der Waals surface area contributed by atoms with Gasteiger partial charge in [-0.15, -0.1) is 0 Å². The molecule has 0 amide bonds. The average Bonchev–Trinajstić information content (AvgIpc) is 2.85. The van der Waals surface area contributed by atoms with Crippen LogP contribution in [0.2, 0.25) is 0 Å². The van der Waals surface area contributed by atoms with Gasteiger partial charge in [0.2, 0.25) is 18.2 Å². The van der Waals surface area contributed by atoms with E-state index < -0.39 is 18.2 Å². The van der Waals surface area contributed by atoms with Gasteiger partial charge in [-0.25, -0.2) is 0 Å². The van der Waals surface area contributed by atoms with Gasteiger partial charge in [-0.3, -0.25) is 9.59 Å². The van der Waals surface area contributed by atoms with Gasteiger partial charge in [-0.1, -0.05) is 121 Å². The topological polar surface area (TPSA) is 51.2 Å². The van der Waals surface area contributed by atoms with Crippen LogP contribution in [0.1, 0.15) is 187 Å². The fourth-order valence-corrected chi connectivity index (χ4v) is 8.32. The molecule has 0 N–H and O–H groups in total. The Labute approximate surface area is 245 Å². The Bertz CT molecular complexity index is 1130. The zero-order chi connectivity index (χ0) is 30.9. The lowest BCUT2D eigenvalue weighted by Crippen LogP contribution is -2.22. The zero-order valence-corrected chi connectivity index (χ0v) is 28.6. The van der Waals surface area contributed by atoms with Crippen LogP contribution in [0.25, 0.3) is 0 Å². The van der Waals surface area contributed by atoms with Gasteiger partial charge >= 0.3 is 0 Å². The molecule has 0 atom stereocenters. The van der Waals surface area contributed by atoms with Gasteiger partial charge in [0.15, 0.2) is 0 Å². The molecule has 2 aromatic carbocycles. The first kappa shape index (κ1) is 34.2. The standard InChI is InChI=1S/C36H55O3P/c1-20(2)19-40(39,35(37)33-29(23(7)8)15-27(21(3)4)16-30(33)24(9)10)36(38)34-31(25(11)12)17-28(22(5)6)18-32(34)26(13)14/h15-18,20-26H,19H2,1-14H3. The van der Waals surface area contributed by atoms with E-state index in [0.717, 1.165) is 22.3 Å². The normalized spacial score (nSPS) is 12.7. The Hall–Kier alpha value is -1.99. The summed E-state index contributed by atoms with van der Waals surface area (Å²) in [7, 11) is -4.02. The molecule has 222 valence electrons.